The molecule has 6 heteroatoms. The summed E-state index contributed by atoms with van der Waals surface area (Å²) in [6, 6.07) is 7.89. The number of amides is 1. The standard InChI is InChI=1S/C21H27NO4S/c1-3-9-16(21(24)25)26-18-15-12-7-8-13-17(15)27-19(18)20(23)22(2)14-10-5-4-6-11-14/h7-8,12-14,16H,3-6,9-11H2,1-2H3,(H,24,25). The molecule has 1 heterocycles. The number of benzene rings is 1. The number of hydrogen-bond donors (Lipinski definition) is 1. The zero-order valence-electron chi connectivity index (χ0n) is 15.9. The molecule has 0 bridgehead atoms. The van der Waals surface area contributed by atoms with Crippen molar-refractivity contribution in [3.05, 3.63) is 29.1 Å². The highest BCUT2D eigenvalue weighted by molar-refractivity contribution is 7.21. The summed E-state index contributed by atoms with van der Waals surface area (Å²) in [5, 5.41) is 10.3. The molecular weight excluding hydrogens is 362 g/mol. The summed E-state index contributed by atoms with van der Waals surface area (Å²) >= 11 is 1.39. The van der Waals surface area contributed by atoms with Gasteiger partial charge in [-0.3, -0.25) is 4.79 Å². The number of nitrogens with zero attached hydrogens (tertiary/aromatic N) is 1. The van der Waals surface area contributed by atoms with E-state index in [9.17, 15) is 14.7 Å². The van der Waals surface area contributed by atoms with E-state index in [-0.39, 0.29) is 11.9 Å². The lowest BCUT2D eigenvalue weighted by molar-refractivity contribution is -0.145. The Labute approximate surface area is 163 Å². The van der Waals surface area contributed by atoms with Crippen molar-refractivity contribution in [3.8, 4) is 5.75 Å². The van der Waals surface area contributed by atoms with E-state index in [1.165, 1.54) is 17.8 Å². The molecule has 1 unspecified atom stereocenters. The molecule has 1 aromatic carbocycles. The van der Waals surface area contributed by atoms with Crippen molar-refractivity contribution in [3.63, 3.8) is 0 Å². The first-order valence-corrected chi connectivity index (χ1v) is 10.5. The maximum Gasteiger partial charge on any atom is 0.344 e. The number of rotatable bonds is 7. The van der Waals surface area contributed by atoms with Gasteiger partial charge in [0.15, 0.2) is 11.9 Å². The highest BCUT2D eigenvalue weighted by Gasteiger charge is 2.30. The van der Waals surface area contributed by atoms with E-state index < -0.39 is 12.1 Å². The van der Waals surface area contributed by atoms with Gasteiger partial charge in [0.05, 0.1) is 0 Å². The van der Waals surface area contributed by atoms with E-state index >= 15 is 0 Å². The van der Waals surface area contributed by atoms with Crippen LogP contribution >= 0.6 is 11.3 Å². The summed E-state index contributed by atoms with van der Waals surface area (Å²) in [5.74, 6) is -0.644. The van der Waals surface area contributed by atoms with Crippen LogP contribution in [0.5, 0.6) is 5.75 Å². The van der Waals surface area contributed by atoms with Crippen molar-refractivity contribution in [2.24, 2.45) is 0 Å². The number of fused-ring (bicyclic) bond motifs is 1. The van der Waals surface area contributed by atoms with Gasteiger partial charge in [-0.15, -0.1) is 11.3 Å². The van der Waals surface area contributed by atoms with Gasteiger partial charge < -0.3 is 14.7 Å². The van der Waals surface area contributed by atoms with Gasteiger partial charge in [0.2, 0.25) is 0 Å². The van der Waals surface area contributed by atoms with Crippen LogP contribution in [0.15, 0.2) is 24.3 Å². The van der Waals surface area contributed by atoms with Crippen molar-refractivity contribution in [2.45, 2.75) is 64.0 Å². The van der Waals surface area contributed by atoms with Crippen LogP contribution in [-0.4, -0.2) is 41.1 Å². The van der Waals surface area contributed by atoms with Crippen molar-refractivity contribution in [1.29, 1.82) is 0 Å². The maximum atomic E-state index is 13.3. The van der Waals surface area contributed by atoms with E-state index in [2.05, 4.69) is 0 Å². The molecule has 1 amide bonds. The molecule has 1 fully saturated rings. The lowest BCUT2D eigenvalue weighted by atomic mass is 9.94. The van der Waals surface area contributed by atoms with Crippen LogP contribution in [0, 0.1) is 0 Å². The average Bonchev–Trinajstić information content (AvgIpc) is 3.05. The smallest absolute Gasteiger partial charge is 0.344 e. The van der Waals surface area contributed by atoms with Crippen LogP contribution in [0.2, 0.25) is 0 Å². The fourth-order valence-electron chi connectivity index (χ4n) is 3.71. The molecule has 1 atom stereocenters. The molecule has 1 N–H and O–H groups in total. The third kappa shape index (κ3) is 4.26. The number of carbonyl (C=O) groups excluding carboxylic acids is 1. The van der Waals surface area contributed by atoms with Gasteiger partial charge in [-0.05, 0) is 31.4 Å². The number of carboxylic acid groups (broad SMARTS) is 1. The minimum atomic E-state index is -0.994. The molecule has 5 nitrogen and oxygen atoms in total. The first-order valence-electron chi connectivity index (χ1n) is 9.71. The minimum absolute atomic E-state index is 0.0706. The van der Waals surface area contributed by atoms with Crippen LogP contribution < -0.4 is 4.74 Å². The number of carboxylic acids is 1. The minimum Gasteiger partial charge on any atom is -0.479 e. The van der Waals surface area contributed by atoms with Crippen LogP contribution in [0.25, 0.3) is 10.1 Å². The fourth-order valence-corrected chi connectivity index (χ4v) is 4.83. The van der Waals surface area contributed by atoms with Gasteiger partial charge in [0.25, 0.3) is 5.91 Å². The van der Waals surface area contributed by atoms with E-state index in [4.69, 9.17) is 4.74 Å². The lowest BCUT2D eigenvalue weighted by Crippen LogP contribution is -2.38. The SMILES string of the molecule is CCCC(Oc1c(C(=O)N(C)C2CCCCC2)sc2ccccc12)C(=O)O. The monoisotopic (exact) mass is 389 g/mol. The molecule has 0 radical (unpaired) electrons. The Kier molecular flexibility index (Phi) is 6.37. The summed E-state index contributed by atoms with van der Waals surface area (Å²) < 4.78 is 6.86. The summed E-state index contributed by atoms with van der Waals surface area (Å²) in [6.45, 7) is 1.92. The molecule has 0 saturated heterocycles. The third-order valence-electron chi connectivity index (χ3n) is 5.27. The van der Waals surface area contributed by atoms with Gasteiger partial charge >= 0.3 is 5.97 Å². The quantitative estimate of drug-likeness (QED) is 0.728. The molecule has 1 aliphatic carbocycles. The van der Waals surface area contributed by atoms with Crippen LogP contribution in [0.3, 0.4) is 0 Å². The first-order chi connectivity index (χ1) is 13.0. The van der Waals surface area contributed by atoms with E-state index in [0.717, 1.165) is 35.8 Å². The van der Waals surface area contributed by atoms with E-state index in [1.54, 1.807) is 0 Å². The lowest BCUT2D eigenvalue weighted by Gasteiger charge is -2.31. The van der Waals surface area contributed by atoms with Gasteiger partial charge in [0.1, 0.15) is 4.88 Å². The Morgan fingerprint density at radius 2 is 1.96 bits per heavy atom. The van der Waals surface area contributed by atoms with Gasteiger partial charge in [-0.2, -0.15) is 0 Å². The van der Waals surface area contributed by atoms with Crippen molar-refractivity contribution in [1.82, 2.24) is 4.90 Å². The largest absolute Gasteiger partial charge is 0.479 e. The Morgan fingerprint density at radius 3 is 2.63 bits per heavy atom. The topological polar surface area (TPSA) is 66.8 Å². The summed E-state index contributed by atoms with van der Waals surface area (Å²) in [5.41, 5.74) is 0. The molecule has 146 valence electrons. The number of ether oxygens (including phenoxy) is 1. The molecule has 1 saturated carbocycles. The molecule has 1 aromatic heterocycles. The Hall–Kier alpha value is -2.08. The molecule has 0 aliphatic heterocycles. The van der Waals surface area contributed by atoms with Crippen LogP contribution in [-0.2, 0) is 4.79 Å². The Morgan fingerprint density at radius 1 is 1.26 bits per heavy atom. The van der Waals surface area contributed by atoms with E-state index in [1.807, 2.05) is 43.1 Å². The Bertz CT molecular complexity index is 810. The Balaban J connectivity index is 1.96. The van der Waals surface area contributed by atoms with Crippen LogP contribution in [0.4, 0.5) is 0 Å². The second-order valence-corrected chi connectivity index (χ2v) is 8.25. The highest BCUT2D eigenvalue weighted by atomic mass is 32.1. The zero-order valence-corrected chi connectivity index (χ0v) is 16.8. The number of carbonyl (C=O) groups is 2. The van der Waals surface area contributed by atoms with E-state index in [0.29, 0.717) is 23.5 Å². The number of hydrogen-bond acceptors (Lipinski definition) is 4. The van der Waals surface area contributed by atoms with Crippen molar-refractivity contribution < 1.29 is 19.4 Å². The second kappa shape index (κ2) is 8.74. The molecule has 1 aliphatic rings. The predicted molar refractivity (Wildman–Crippen MR) is 108 cm³/mol. The molecule has 3 rings (SSSR count). The normalized spacial score (nSPS) is 16.2. The number of thiophene rings is 1. The molecular formula is C21H27NO4S. The zero-order chi connectivity index (χ0) is 19.4. The summed E-state index contributed by atoms with van der Waals surface area (Å²) in [4.78, 5) is 27.2. The van der Waals surface area contributed by atoms with Crippen molar-refractivity contribution in [2.75, 3.05) is 7.05 Å². The second-order valence-electron chi connectivity index (χ2n) is 7.20. The predicted octanol–water partition coefficient (Wildman–Crippen LogP) is 4.94. The molecule has 0 spiro atoms. The average molecular weight is 390 g/mol. The molecule has 27 heavy (non-hydrogen) atoms. The maximum absolute atomic E-state index is 13.3. The fraction of sp³-hybridized carbons (Fsp3) is 0.524. The van der Waals surface area contributed by atoms with Crippen molar-refractivity contribution >= 4 is 33.3 Å². The third-order valence-corrected chi connectivity index (χ3v) is 6.41. The molecule has 2 aromatic rings. The highest BCUT2D eigenvalue weighted by Crippen LogP contribution is 2.40. The van der Waals surface area contributed by atoms with Crippen LogP contribution in [0.1, 0.15) is 61.5 Å². The summed E-state index contributed by atoms with van der Waals surface area (Å²) in [6.07, 6.45) is 5.74. The summed E-state index contributed by atoms with van der Waals surface area (Å²) in [7, 11) is 1.85. The van der Waals surface area contributed by atoms with Gasteiger partial charge in [0, 0.05) is 23.2 Å². The van der Waals surface area contributed by atoms with Gasteiger partial charge in [-0.25, -0.2) is 4.79 Å². The first kappa shape index (κ1) is 19.7. The number of aliphatic carboxylic acids is 1. The van der Waals surface area contributed by atoms with Gasteiger partial charge in [-0.1, -0.05) is 44.7 Å².